The highest BCUT2D eigenvalue weighted by Gasteiger charge is 2.28. The Labute approximate surface area is 164 Å². The first kappa shape index (κ1) is 19.0. The van der Waals surface area contributed by atoms with Gasteiger partial charge in [-0.3, -0.25) is 19.7 Å². The third-order valence-corrected chi connectivity index (χ3v) is 5.44. The summed E-state index contributed by atoms with van der Waals surface area (Å²) >= 11 is 0. The second-order valence-corrected chi connectivity index (χ2v) is 7.37. The molecule has 0 spiro atoms. The van der Waals surface area contributed by atoms with Gasteiger partial charge in [0, 0.05) is 43.5 Å². The molecule has 7 heteroatoms. The number of morpholine rings is 1. The van der Waals surface area contributed by atoms with Gasteiger partial charge in [0.15, 0.2) is 0 Å². The standard InChI is InChI=1S/C21H25FN4O2/c22-18-5-1-3-16(13-18)20-21(24-7-6-23-20)17-4-2-8-25(14-17)15-19(27)26-9-11-28-12-10-26/h1,3,5-7,13,17H,2,4,8-12,14-15H2/t17-/m1/s1. The fourth-order valence-electron chi connectivity index (χ4n) is 4.03. The van der Waals surface area contributed by atoms with Gasteiger partial charge in [-0.2, -0.15) is 0 Å². The Bertz CT molecular complexity index is 826. The average molecular weight is 384 g/mol. The Hall–Kier alpha value is -2.38. The predicted molar refractivity (Wildman–Crippen MR) is 103 cm³/mol. The highest BCUT2D eigenvalue weighted by atomic mass is 19.1. The molecule has 2 fully saturated rings. The van der Waals surface area contributed by atoms with E-state index in [1.165, 1.54) is 12.1 Å². The number of hydrogen-bond donors (Lipinski definition) is 0. The van der Waals surface area contributed by atoms with E-state index in [-0.39, 0.29) is 17.6 Å². The Morgan fingerprint density at radius 1 is 1.18 bits per heavy atom. The van der Waals surface area contributed by atoms with Crippen molar-refractivity contribution >= 4 is 5.91 Å². The molecule has 1 aromatic carbocycles. The number of carbonyl (C=O) groups excluding carboxylic acids is 1. The summed E-state index contributed by atoms with van der Waals surface area (Å²) in [4.78, 5) is 25.8. The molecule has 0 bridgehead atoms. The summed E-state index contributed by atoms with van der Waals surface area (Å²) in [6.45, 7) is 4.66. The maximum Gasteiger partial charge on any atom is 0.236 e. The van der Waals surface area contributed by atoms with Gasteiger partial charge in [0.2, 0.25) is 5.91 Å². The minimum atomic E-state index is -0.282. The smallest absolute Gasteiger partial charge is 0.236 e. The lowest BCUT2D eigenvalue weighted by Crippen LogP contribution is -2.47. The molecule has 2 aliphatic rings. The lowest BCUT2D eigenvalue weighted by Gasteiger charge is -2.34. The number of piperidine rings is 1. The molecule has 148 valence electrons. The monoisotopic (exact) mass is 384 g/mol. The van der Waals surface area contributed by atoms with Crippen molar-refractivity contribution in [2.75, 3.05) is 45.9 Å². The van der Waals surface area contributed by atoms with Gasteiger partial charge in [0.05, 0.1) is 31.1 Å². The number of nitrogens with zero attached hydrogens (tertiary/aromatic N) is 4. The molecule has 6 nitrogen and oxygen atoms in total. The van der Waals surface area contributed by atoms with E-state index in [1.807, 2.05) is 11.0 Å². The van der Waals surface area contributed by atoms with E-state index in [2.05, 4.69) is 14.9 Å². The number of rotatable bonds is 4. The molecule has 4 rings (SSSR count). The van der Waals surface area contributed by atoms with Gasteiger partial charge in [0.25, 0.3) is 0 Å². The maximum atomic E-state index is 13.7. The molecular weight excluding hydrogens is 359 g/mol. The van der Waals surface area contributed by atoms with Crippen molar-refractivity contribution < 1.29 is 13.9 Å². The lowest BCUT2D eigenvalue weighted by atomic mass is 9.91. The van der Waals surface area contributed by atoms with Crippen molar-refractivity contribution in [3.05, 3.63) is 48.2 Å². The molecule has 2 aromatic rings. The van der Waals surface area contributed by atoms with Crippen LogP contribution >= 0.6 is 0 Å². The van der Waals surface area contributed by atoms with Crippen LogP contribution in [0.15, 0.2) is 36.7 Å². The van der Waals surface area contributed by atoms with Gasteiger partial charge >= 0.3 is 0 Å². The van der Waals surface area contributed by atoms with Crippen molar-refractivity contribution in [2.45, 2.75) is 18.8 Å². The van der Waals surface area contributed by atoms with Gasteiger partial charge in [-0.25, -0.2) is 4.39 Å². The van der Waals surface area contributed by atoms with Crippen LogP contribution in [0.1, 0.15) is 24.5 Å². The van der Waals surface area contributed by atoms with Crippen molar-refractivity contribution in [3.8, 4) is 11.3 Å². The minimum Gasteiger partial charge on any atom is -0.378 e. The Morgan fingerprint density at radius 3 is 2.82 bits per heavy atom. The molecule has 2 aliphatic heterocycles. The predicted octanol–water partition coefficient (Wildman–Crippen LogP) is 2.32. The van der Waals surface area contributed by atoms with E-state index in [4.69, 9.17) is 4.74 Å². The second kappa shape index (κ2) is 8.75. The number of benzene rings is 1. The molecule has 2 saturated heterocycles. The van der Waals surface area contributed by atoms with Gasteiger partial charge in [0.1, 0.15) is 5.82 Å². The summed E-state index contributed by atoms with van der Waals surface area (Å²) in [7, 11) is 0. The van der Waals surface area contributed by atoms with Crippen LogP contribution in [0, 0.1) is 5.82 Å². The SMILES string of the molecule is O=C(CN1CCC[C@@H](c2nccnc2-c2cccc(F)c2)C1)N1CCOCC1. The summed E-state index contributed by atoms with van der Waals surface area (Å²) < 4.78 is 19.0. The summed E-state index contributed by atoms with van der Waals surface area (Å²) in [6, 6.07) is 6.48. The maximum absolute atomic E-state index is 13.7. The van der Waals surface area contributed by atoms with Crippen molar-refractivity contribution in [1.29, 1.82) is 0 Å². The van der Waals surface area contributed by atoms with E-state index >= 15 is 0 Å². The first-order valence-electron chi connectivity index (χ1n) is 9.85. The van der Waals surface area contributed by atoms with Gasteiger partial charge < -0.3 is 9.64 Å². The molecule has 3 heterocycles. The van der Waals surface area contributed by atoms with Crippen LogP contribution in [0.4, 0.5) is 4.39 Å². The van der Waals surface area contributed by atoms with Crippen LogP contribution in [-0.4, -0.2) is 71.6 Å². The van der Waals surface area contributed by atoms with Gasteiger partial charge in [-0.05, 0) is 31.5 Å². The summed E-state index contributed by atoms with van der Waals surface area (Å²) in [6.07, 6.45) is 5.33. The molecular formula is C21H25FN4O2. The van der Waals surface area contributed by atoms with E-state index in [0.29, 0.717) is 32.8 Å². The molecule has 0 aliphatic carbocycles. The molecule has 1 amide bonds. The molecule has 1 atom stereocenters. The molecule has 0 N–H and O–H groups in total. The number of aromatic nitrogens is 2. The van der Waals surface area contributed by atoms with Crippen LogP contribution in [0.25, 0.3) is 11.3 Å². The van der Waals surface area contributed by atoms with Gasteiger partial charge in [-0.15, -0.1) is 0 Å². The van der Waals surface area contributed by atoms with Crippen LogP contribution in [0.5, 0.6) is 0 Å². The number of carbonyl (C=O) groups is 1. The number of likely N-dealkylation sites (tertiary alicyclic amines) is 1. The lowest BCUT2D eigenvalue weighted by molar-refractivity contribution is -0.136. The van der Waals surface area contributed by atoms with Gasteiger partial charge in [-0.1, -0.05) is 12.1 Å². The first-order chi connectivity index (χ1) is 13.7. The van der Waals surface area contributed by atoms with E-state index < -0.39 is 0 Å². The van der Waals surface area contributed by atoms with E-state index in [0.717, 1.165) is 42.9 Å². The zero-order valence-corrected chi connectivity index (χ0v) is 15.9. The van der Waals surface area contributed by atoms with E-state index in [9.17, 15) is 9.18 Å². The highest BCUT2D eigenvalue weighted by molar-refractivity contribution is 5.78. The van der Waals surface area contributed by atoms with Crippen molar-refractivity contribution in [3.63, 3.8) is 0 Å². The molecule has 0 unspecified atom stereocenters. The zero-order chi connectivity index (χ0) is 19.3. The third kappa shape index (κ3) is 4.36. The van der Waals surface area contributed by atoms with E-state index in [1.54, 1.807) is 18.5 Å². The normalized spacial score (nSPS) is 20.9. The summed E-state index contributed by atoms with van der Waals surface area (Å²) in [5.74, 6) is 0.0575. The Kier molecular flexibility index (Phi) is 5.92. The largest absolute Gasteiger partial charge is 0.378 e. The number of ether oxygens (including phenoxy) is 1. The average Bonchev–Trinajstić information content (AvgIpc) is 2.74. The first-order valence-corrected chi connectivity index (χ1v) is 9.85. The summed E-state index contributed by atoms with van der Waals surface area (Å²) in [5, 5.41) is 0. The molecule has 0 saturated carbocycles. The Balaban J connectivity index is 1.48. The number of hydrogen-bond acceptors (Lipinski definition) is 5. The second-order valence-electron chi connectivity index (χ2n) is 7.37. The third-order valence-electron chi connectivity index (χ3n) is 5.44. The number of amides is 1. The fourth-order valence-corrected chi connectivity index (χ4v) is 4.03. The molecule has 28 heavy (non-hydrogen) atoms. The Morgan fingerprint density at radius 2 is 2.00 bits per heavy atom. The molecule has 1 aromatic heterocycles. The van der Waals surface area contributed by atoms with Crippen molar-refractivity contribution in [1.82, 2.24) is 19.8 Å². The topological polar surface area (TPSA) is 58.6 Å². The van der Waals surface area contributed by atoms with Crippen LogP contribution in [0.2, 0.25) is 0 Å². The van der Waals surface area contributed by atoms with Crippen LogP contribution < -0.4 is 0 Å². The van der Waals surface area contributed by atoms with Crippen LogP contribution in [0.3, 0.4) is 0 Å². The summed E-state index contributed by atoms with van der Waals surface area (Å²) in [5.41, 5.74) is 2.36. The quantitative estimate of drug-likeness (QED) is 0.810. The highest BCUT2D eigenvalue weighted by Crippen LogP contribution is 2.31. The molecule has 0 radical (unpaired) electrons. The fraction of sp³-hybridized carbons (Fsp3) is 0.476. The number of halogens is 1. The minimum absolute atomic E-state index is 0.161. The van der Waals surface area contributed by atoms with Crippen molar-refractivity contribution in [2.24, 2.45) is 0 Å². The van der Waals surface area contributed by atoms with Crippen LogP contribution in [-0.2, 0) is 9.53 Å². The zero-order valence-electron chi connectivity index (χ0n) is 15.9.